The summed E-state index contributed by atoms with van der Waals surface area (Å²) in [6, 6.07) is 24.7. The molecular formula is C26H26N4O3. The maximum atomic E-state index is 12.5. The van der Waals surface area contributed by atoms with E-state index >= 15 is 0 Å². The Morgan fingerprint density at radius 3 is 2.45 bits per heavy atom. The lowest BCUT2D eigenvalue weighted by Gasteiger charge is -2.13. The van der Waals surface area contributed by atoms with Gasteiger partial charge in [-0.15, -0.1) is 0 Å². The van der Waals surface area contributed by atoms with Crippen molar-refractivity contribution < 1.29 is 14.3 Å². The van der Waals surface area contributed by atoms with Crippen molar-refractivity contribution in [3.05, 3.63) is 95.8 Å². The number of carbonyl (C=O) groups is 2. The minimum Gasteiger partial charge on any atom is -0.465 e. The number of esters is 1. The van der Waals surface area contributed by atoms with Crippen LogP contribution in [0.15, 0.2) is 78.9 Å². The standard InChI is InChI=1S/C26H26N4O3/c1-33-25(31)20-11-5-6-12-21(20)29-26(32)27-17-18-30-23-14-8-7-13-22(23)28-24(30)16-15-19-9-3-2-4-10-19/h2-14H,15-18H2,1H3,(H2,27,29,32). The summed E-state index contributed by atoms with van der Waals surface area (Å²) < 4.78 is 6.93. The van der Waals surface area contributed by atoms with Crippen LogP contribution in [0.3, 0.4) is 0 Å². The molecule has 0 spiro atoms. The van der Waals surface area contributed by atoms with Crippen molar-refractivity contribution in [2.45, 2.75) is 19.4 Å². The summed E-state index contributed by atoms with van der Waals surface area (Å²) in [5.74, 6) is 0.483. The van der Waals surface area contributed by atoms with Crippen molar-refractivity contribution in [1.82, 2.24) is 14.9 Å². The van der Waals surface area contributed by atoms with Gasteiger partial charge in [-0.05, 0) is 36.2 Å². The van der Waals surface area contributed by atoms with Crippen molar-refractivity contribution in [2.75, 3.05) is 19.0 Å². The monoisotopic (exact) mass is 442 g/mol. The maximum Gasteiger partial charge on any atom is 0.339 e. The van der Waals surface area contributed by atoms with E-state index in [2.05, 4.69) is 27.3 Å². The zero-order valence-electron chi connectivity index (χ0n) is 18.5. The number of benzene rings is 3. The molecular weight excluding hydrogens is 416 g/mol. The molecule has 7 nitrogen and oxygen atoms in total. The number of anilines is 1. The van der Waals surface area contributed by atoms with Crippen LogP contribution < -0.4 is 10.6 Å². The number of nitrogens with zero attached hydrogens (tertiary/aromatic N) is 2. The number of hydrogen-bond acceptors (Lipinski definition) is 4. The van der Waals surface area contributed by atoms with E-state index < -0.39 is 5.97 Å². The Kier molecular flexibility index (Phi) is 6.99. The second-order valence-corrected chi connectivity index (χ2v) is 7.57. The van der Waals surface area contributed by atoms with Crippen molar-refractivity contribution >= 4 is 28.7 Å². The quantitative estimate of drug-likeness (QED) is 0.395. The normalized spacial score (nSPS) is 10.7. The minimum absolute atomic E-state index is 0.305. The SMILES string of the molecule is COC(=O)c1ccccc1NC(=O)NCCn1c(CCc2ccccc2)nc2ccccc21. The second kappa shape index (κ2) is 10.5. The molecule has 0 bridgehead atoms. The maximum absolute atomic E-state index is 12.5. The molecule has 0 fully saturated rings. The van der Waals surface area contributed by atoms with Crippen LogP contribution in [0.25, 0.3) is 11.0 Å². The number of nitrogens with one attached hydrogen (secondary N) is 2. The van der Waals surface area contributed by atoms with Gasteiger partial charge >= 0.3 is 12.0 Å². The molecule has 0 atom stereocenters. The van der Waals surface area contributed by atoms with E-state index in [0.29, 0.717) is 24.3 Å². The number of amides is 2. The van der Waals surface area contributed by atoms with Gasteiger partial charge in [0.25, 0.3) is 0 Å². The zero-order chi connectivity index (χ0) is 23.0. The van der Waals surface area contributed by atoms with E-state index in [1.807, 2.05) is 42.5 Å². The number of carbonyl (C=O) groups excluding carboxylic acids is 2. The number of methoxy groups -OCH3 is 1. The molecule has 3 aromatic carbocycles. The van der Waals surface area contributed by atoms with Gasteiger partial charge in [0.2, 0.25) is 0 Å². The molecule has 7 heteroatoms. The fraction of sp³-hybridized carbons (Fsp3) is 0.192. The number of aryl methyl sites for hydroxylation is 2. The number of hydrogen-bond donors (Lipinski definition) is 2. The van der Waals surface area contributed by atoms with Gasteiger partial charge in [-0.3, -0.25) is 0 Å². The Morgan fingerprint density at radius 2 is 1.64 bits per heavy atom. The number of aromatic nitrogens is 2. The van der Waals surface area contributed by atoms with E-state index in [4.69, 9.17) is 9.72 Å². The first-order valence-electron chi connectivity index (χ1n) is 10.9. The Labute approximate surface area is 192 Å². The van der Waals surface area contributed by atoms with E-state index in [0.717, 1.165) is 29.7 Å². The summed E-state index contributed by atoms with van der Waals surface area (Å²) in [4.78, 5) is 29.2. The highest BCUT2D eigenvalue weighted by Gasteiger charge is 2.14. The highest BCUT2D eigenvalue weighted by atomic mass is 16.5. The van der Waals surface area contributed by atoms with Gasteiger partial charge in [0.05, 0.1) is 29.4 Å². The van der Waals surface area contributed by atoms with Crippen LogP contribution in [-0.4, -0.2) is 35.2 Å². The average Bonchev–Trinajstić information content (AvgIpc) is 3.21. The number of fused-ring (bicyclic) bond motifs is 1. The molecule has 0 aliphatic heterocycles. The Hall–Kier alpha value is -4.13. The summed E-state index contributed by atoms with van der Waals surface area (Å²) in [5.41, 5.74) is 3.95. The summed E-state index contributed by atoms with van der Waals surface area (Å²) in [5, 5.41) is 5.60. The lowest BCUT2D eigenvalue weighted by Crippen LogP contribution is -2.32. The molecule has 1 aromatic heterocycles. The summed E-state index contributed by atoms with van der Waals surface area (Å²) >= 11 is 0. The molecule has 2 amide bonds. The van der Waals surface area contributed by atoms with Gasteiger partial charge in [-0.25, -0.2) is 14.6 Å². The summed E-state index contributed by atoms with van der Waals surface area (Å²) in [6.07, 6.45) is 1.69. The van der Waals surface area contributed by atoms with Gasteiger partial charge < -0.3 is 19.9 Å². The predicted octanol–water partition coefficient (Wildman–Crippen LogP) is 4.43. The lowest BCUT2D eigenvalue weighted by atomic mass is 10.1. The fourth-order valence-corrected chi connectivity index (χ4v) is 3.79. The molecule has 4 aromatic rings. The van der Waals surface area contributed by atoms with Crippen LogP contribution in [0, 0.1) is 0 Å². The average molecular weight is 443 g/mol. The Bertz CT molecular complexity index is 1250. The minimum atomic E-state index is -0.501. The summed E-state index contributed by atoms with van der Waals surface area (Å²) in [7, 11) is 1.31. The molecule has 1 heterocycles. The molecule has 168 valence electrons. The lowest BCUT2D eigenvalue weighted by molar-refractivity contribution is 0.0602. The molecule has 0 unspecified atom stereocenters. The Morgan fingerprint density at radius 1 is 0.909 bits per heavy atom. The van der Waals surface area contributed by atoms with E-state index in [9.17, 15) is 9.59 Å². The van der Waals surface area contributed by atoms with Crippen LogP contribution in [0.1, 0.15) is 21.7 Å². The zero-order valence-corrected chi connectivity index (χ0v) is 18.5. The number of para-hydroxylation sites is 3. The predicted molar refractivity (Wildman–Crippen MR) is 128 cm³/mol. The molecule has 0 radical (unpaired) electrons. The molecule has 33 heavy (non-hydrogen) atoms. The molecule has 4 rings (SSSR count). The van der Waals surface area contributed by atoms with Crippen molar-refractivity contribution in [3.8, 4) is 0 Å². The highest BCUT2D eigenvalue weighted by Crippen LogP contribution is 2.18. The van der Waals surface area contributed by atoms with Gasteiger partial charge in [-0.1, -0.05) is 54.6 Å². The van der Waals surface area contributed by atoms with Crippen LogP contribution >= 0.6 is 0 Å². The van der Waals surface area contributed by atoms with Crippen LogP contribution in [0.5, 0.6) is 0 Å². The van der Waals surface area contributed by atoms with Gasteiger partial charge in [0.15, 0.2) is 0 Å². The Balaban J connectivity index is 1.42. The van der Waals surface area contributed by atoms with Crippen LogP contribution in [0.2, 0.25) is 0 Å². The van der Waals surface area contributed by atoms with E-state index in [1.165, 1.54) is 12.7 Å². The molecule has 0 saturated carbocycles. The highest BCUT2D eigenvalue weighted by molar-refractivity contribution is 6.00. The molecule has 0 aliphatic carbocycles. The third-order valence-electron chi connectivity index (χ3n) is 5.42. The topological polar surface area (TPSA) is 85.2 Å². The number of ether oxygens (including phenoxy) is 1. The first-order chi connectivity index (χ1) is 16.2. The smallest absolute Gasteiger partial charge is 0.339 e. The van der Waals surface area contributed by atoms with Crippen molar-refractivity contribution in [1.29, 1.82) is 0 Å². The number of rotatable bonds is 8. The molecule has 2 N–H and O–H groups in total. The fourth-order valence-electron chi connectivity index (χ4n) is 3.79. The first-order valence-corrected chi connectivity index (χ1v) is 10.9. The van der Waals surface area contributed by atoms with Gasteiger partial charge in [0, 0.05) is 19.5 Å². The van der Waals surface area contributed by atoms with Gasteiger partial charge in [-0.2, -0.15) is 0 Å². The molecule has 0 saturated heterocycles. The van der Waals surface area contributed by atoms with Crippen molar-refractivity contribution in [3.63, 3.8) is 0 Å². The largest absolute Gasteiger partial charge is 0.465 e. The summed E-state index contributed by atoms with van der Waals surface area (Å²) in [6.45, 7) is 0.988. The van der Waals surface area contributed by atoms with Crippen LogP contribution in [0.4, 0.5) is 10.5 Å². The van der Waals surface area contributed by atoms with Gasteiger partial charge in [0.1, 0.15) is 5.82 Å². The third kappa shape index (κ3) is 5.38. The van der Waals surface area contributed by atoms with E-state index in [1.54, 1.807) is 24.3 Å². The number of imidazole rings is 1. The number of urea groups is 1. The second-order valence-electron chi connectivity index (χ2n) is 7.57. The van der Waals surface area contributed by atoms with Crippen LogP contribution in [-0.2, 0) is 24.1 Å². The van der Waals surface area contributed by atoms with E-state index in [-0.39, 0.29) is 6.03 Å². The third-order valence-corrected chi connectivity index (χ3v) is 5.42. The van der Waals surface area contributed by atoms with Crippen molar-refractivity contribution in [2.24, 2.45) is 0 Å². The first kappa shape index (κ1) is 22.1. The molecule has 0 aliphatic rings.